The van der Waals surface area contributed by atoms with Gasteiger partial charge in [0.15, 0.2) is 0 Å². The van der Waals surface area contributed by atoms with Gasteiger partial charge in [0, 0.05) is 42.3 Å². The van der Waals surface area contributed by atoms with Gasteiger partial charge in [-0.2, -0.15) is 0 Å². The Bertz CT molecular complexity index is 1000. The Morgan fingerprint density at radius 1 is 1.31 bits per heavy atom. The number of benzene rings is 1. The van der Waals surface area contributed by atoms with Crippen molar-refractivity contribution < 1.29 is 4.79 Å². The second kappa shape index (κ2) is 6.10. The molecule has 2 atom stereocenters. The molecule has 1 N–H and O–H groups in total. The number of nitrogens with zero attached hydrogens (tertiary/aromatic N) is 4. The fraction of sp³-hybridized carbons (Fsp3) is 0.368. The molecule has 2 aliphatic rings. The van der Waals surface area contributed by atoms with Crippen LogP contribution < -0.4 is 5.32 Å². The van der Waals surface area contributed by atoms with Gasteiger partial charge in [0.1, 0.15) is 10.0 Å². The van der Waals surface area contributed by atoms with Crippen molar-refractivity contribution in [2.75, 3.05) is 13.1 Å². The fourth-order valence-electron chi connectivity index (χ4n) is 3.95. The molecule has 2 fully saturated rings. The molecule has 0 spiro atoms. The molecule has 1 aromatic carbocycles. The maximum absolute atomic E-state index is 12.7. The molecule has 2 aromatic heterocycles. The van der Waals surface area contributed by atoms with Crippen LogP contribution in [0.5, 0.6) is 0 Å². The van der Waals surface area contributed by atoms with Crippen LogP contribution in [0.2, 0.25) is 0 Å². The van der Waals surface area contributed by atoms with E-state index in [1.807, 2.05) is 36.2 Å². The topological polar surface area (TPSA) is 71.0 Å². The van der Waals surface area contributed by atoms with Gasteiger partial charge in [-0.1, -0.05) is 23.5 Å². The molecule has 26 heavy (non-hydrogen) atoms. The summed E-state index contributed by atoms with van der Waals surface area (Å²) in [6.45, 7) is 3.71. The van der Waals surface area contributed by atoms with Crippen LogP contribution >= 0.6 is 11.3 Å². The van der Waals surface area contributed by atoms with Crippen LogP contribution in [0.4, 0.5) is 0 Å². The van der Waals surface area contributed by atoms with E-state index >= 15 is 0 Å². The van der Waals surface area contributed by atoms with Crippen LogP contribution in [0.15, 0.2) is 30.5 Å². The molecule has 2 saturated heterocycles. The molecule has 0 saturated carbocycles. The van der Waals surface area contributed by atoms with Crippen LogP contribution in [0.3, 0.4) is 0 Å². The van der Waals surface area contributed by atoms with Crippen LogP contribution in [0.25, 0.3) is 21.3 Å². The number of amides is 1. The normalized spacial score (nSPS) is 21.7. The van der Waals surface area contributed by atoms with Crippen molar-refractivity contribution in [1.82, 2.24) is 25.4 Å². The minimum absolute atomic E-state index is 0.182. The molecular weight excluding hydrogens is 346 g/mol. The third kappa shape index (κ3) is 2.77. The van der Waals surface area contributed by atoms with E-state index in [0.29, 0.717) is 18.5 Å². The summed E-state index contributed by atoms with van der Waals surface area (Å²) in [4.78, 5) is 19.2. The van der Waals surface area contributed by atoms with Gasteiger partial charge >= 0.3 is 0 Å². The Morgan fingerprint density at radius 2 is 2.23 bits per heavy atom. The summed E-state index contributed by atoms with van der Waals surface area (Å²) >= 11 is 1.58. The number of hydrogen-bond donors (Lipinski definition) is 1. The number of pyridine rings is 1. The standard InChI is InChI=1S/C19H19N5OS/c1-11-22-23-19(26-11)12-2-3-13-8-20-15(5-14(13)4-12)7-18(25)24-10-16-6-17(24)9-21-16/h2-5,8,16-17,21H,6-7,9-10H2,1H3/t16-,17-/m1/s1. The molecule has 0 aliphatic carbocycles. The molecule has 4 heterocycles. The molecule has 7 heteroatoms. The quantitative estimate of drug-likeness (QED) is 0.770. The van der Waals surface area contributed by atoms with Gasteiger partial charge in [0.25, 0.3) is 0 Å². The lowest BCUT2D eigenvalue weighted by molar-refractivity contribution is -0.131. The smallest absolute Gasteiger partial charge is 0.228 e. The fourth-order valence-corrected chi connectivity index (χ4v) is 4.64. The van der Waals surface area contributed by atoms with E-state index in [4.69, 9.17) is 0 Å². The highest BCUT2D eigenvalue weighted by atomic mass is 32.1. The second-order valence-electron chi connectivity index (χ2n) is 7.08. The van der Waals surface area contributed by atoms with Crippen LogP contribution in [0, 0.1) is 6.92 Å². The SMILES string of the molecule is Cc1nnc(-c2ccc3cnc(CC(=O)N4C[C@H]5C[C@@H]4CN5)cc3c2)s1. The van der Waals surface area contributed by atoms with Crippen LogP contribution in [-0.4, -0.2) is 51.2 Å². The van der Waals surface area contributed by atoms with E-state index in [2.05, 4.69) is 26.6 Å². The summed E-state index contributed by atoms with van der Waals surface area (Å²) in [5, 5.41) is 15.8. The highest BCUT2D eigenvalue weighted by molar-refractivity contribution is 7.14. The Labute approximate surface area is 155 Å². The first-order valence-corrected chi connectivity index (χ1v) is 9.69. The highest BCUT2D eigenvalue weighted by Crippen LogP contribution is 2.27. The Balaban J connectivity index is 1.40. The number of rotatable bonds is 3. The maximum atomic E-state index is 12.7. The number of carbonyl (C=O) groups is 1. The van der Waals surface area contributed by atoms with Gasteiger partial charge < -0.3 is 10.2 Å². The van der Waals surface area contributed by atoms with E-state index < -0.39 is 0 Å². The number of nitrogens with one attached hydrogen (secondary N) is 1. The lowest BCUT2D eigenvalue weighted by Crippen LogP contribution is -2.47. The lowest BCUT2D eigenvalue weighted by Gasteiger charge is -2.27. The number of hydrogen-bond acceptors (Lipinski definition) is 6. The Morgan fingerprint density at radius 3 is 2.96 bits per heavy atom. The first-order chi connectivity index (χ1) is 12.7. The van der Waals surface area contributed by atoms with Crippen LogP contribution in [0.1, 0.15) is 17.1 Å². The van der Waals surface area contributed by atoms with Gasteiger partial charge in [-0.25, -0.2) is 0 Å². The lowest BCUT2D eigenvalue weighted by atomic mass is 10.1. The van der Waals surface area contributed by atoms with Crippen molar-refractivity contribution in [1.29, 1.82) is 0 Å². The zero-order valence-electron chi connectivity index (χ0n) is 14.5. The minimum atomic E-state index is 0.182. The average molecular weight is 365 g/mol. The third-order valence-electron chi connectivity index (χ3n) is 5.26. The van der Waals surface area contributed by atoms with E-state index in [9.17, 15) is 4.79 Å². The predicted octanol–water partition coefficient (Wildman–Crippen LogP) is 2.18. The highest BCUT2D eigenvalue weighted by Gasteiger charge is 2.39. The van der Waals surface area contributed by atoms with E-state index in [-0.39, 0.29) is 5.91 Å². The molecule has 6 nitrogen and oxygen atoms in total. The van der Waals surface area contributed by atoms with Gasteiger partial charge in [-0.3, -0.25) is 9.78 Å². The number of aromatic nitrogens is 3. The second-order valence-corrected chi connectivity index (χ2v) is 8.26. The zero-order valence-corrected chi connectivity index (χ0v) is 15.3. The molecule has 0 unspecified atom stereocenters. The van der Waals surface area contributed by atoms with E-state index in [1.165, 1.54) is 0 Å². The van der Waals surface area contributed by atoms with Crippen molar-refractivity contribution in [3.63, 3.8) is 0 Å². The van der Waals surface area contributed by atoms with E-state index in [0.717, 1.165) is 51.6 Å². The first kappa shape index (κ1) is 15.8. The minimum Gasteiger partial charge on any atom is -0.336 e. The van der Waals surface area contributed by atoms with Crippen molar-refractivity contribution in [3.8, 4) is 10.6 Å². The number of aryl methyl sites for hydroxylation is 1. The number of fused-ring (bicyclic) bond motifs is 3. The first-order valence-electron chi connectivity index (χ1n) is 8.88. The zero-order chi connectivity index (χ0) is 17.7. The van der Waals surface area contributed by atoms with Crippen molar-refractivity contribution >= 4 is 28.0 Å². The van der Waals surface area contributed by atoms with Crippen molar-refractivity contribution in [2.24, 2.45) is 0 Å². The average Bonchev–Trinajstić information content (AvgIpc) is 3.38. The van der Waals surface area contributed by atoms with Gasteiger partial charge in [-0.05, 0) is 30.9 Å². The molecule has 1 amide bonds. The summed E-state index contributed by atoms with van der Waals surface area (Å²) in [5.74, 6) is 0.182. The molecule has 2 bridgehead atoms. The Hall–Kier alpha value is -2.38. The maximum Gasteiger partial charge on any atom is 0.228 e. The Kier molecular flexibility index (Phi) is 3.72. The summed E-state index contributed by atoms with van der Waals surface area (Å²) in [7, 11) is 0. The molecule has 2 aliphatic heterocycles. The van der Waals surface area contributed by atoms with Gasteiger partial charge in [-0.15, -0.1) is 10.2 Å². The van der Waals surface area contributed by atoms with Gasteiger partial charge in [0.05, 0.1) is 12.1 Å². The third-order valence-corrected chi connectivity index (χ3v) is 6.15. The monoisotopic (exact) mass is 365 g/mol. The molecule has 5 rings (SSSR count). The summed E-state index contributed by atoms with van der Waals surface area (Å²) in [5.41, 5.74) is 1.87. The number of likely N-dealkylation sites (tertiary alicyclic amines) is 1. The van der Waals surface area contributed by atoms with Crippen molar-refractivity contribution in [2.45, 2.75) is 31.8 Å². The number of piperazine rings is 1. The molecule has 0 radical (unpaired) electrons. The summed E-state index contributed by atoms with van der Waals surface area (Å²) < 4.78 is 0. The van der Waals surface area contributed by atoms with Crippen LogP contribution in [-0.2, 0) is 11.2 Å². The summed E-state index contributed by atoms with van der Waals surface area (Å²) in [6, 6.07) is 9.06. The molecule has 3 aromatic rings. The molecule has 132 valence electrons. The van der Waals surface area contributed by atoms with E-state index in [1.54, 1.807) is 11.3 Å². The van der Waals surface area contributed by atoms with Crippen molar-refractivity contribution in [3.05, 3.63) is 41.2 Å². The largest absolute Gasteiger partial charge is 0.336 e. The number of carbonyl (C=O) groups excluding carboxylic acids is 1. The summed E-state index contributed by atoms with van der Waals surface area (Å²) in [6.07, 6.45) is 3.30. The van der Waals surface area contributed by atoms with Gasteiger partial charge in [0.2, 0.25) is 5.91 Å². The molecular formula is C19H19N5OS. The predicted molar refractivity (Wildman–Crippen MR) is 101 cm³/mol.